The van der Waals surface area contributed by atoms with Crippen LogP contribution < -0.4 is 5.43 Å². The van der Waals surface area contributed by atoms with Gasteiger partial charge in [-0.05, 0) is 30.2 Å². The molecule has 0 radical (unpaired) electrons. The maximum Gasteiger partial charge on any atom is 0.196 e. The maximum absolute atomic E-state index is 12.8. The Balaban J connectivity index is 2.39. The third-order valence-electron chi connectivity index (χ3n) is 3.49. The third-order valence-corrected chi connectivity index (χ3v) is 4.69. The summed E-state index contributed by atoms with van der Waals surface area (Å²) in [6.45, 7) is 2.12. The highest BCUT2D eigenvalue weighted by Crippen LogP contribution is 2.33. The number of unbranched alkanes of at least 4 members (excludes halogenated alkanes) is 1. The second-order valence-corrected chi connectivity index (χ2v) is 6.05. The number of phenols is 1. The number of hydrogen-bond acceptors (Lipinski definition) is 3. The summed E-state index contributed by atoms with van der Waals surface area (Å²) in [5.74, 6) is 0.172. The first-order chi connectivity index (χ1) is 10.2. The Kier molecular flexibility index (Phi) is 3.76. The predicted molar refractivity (Wildman–Crippen MR) is 91.2 cm³/mol. The topological polar surface area (TPSA) is 37.3 Å². The van der Waals surface area contributed by atoms with Crippen molar-refractivity contribution in [1.82, 2.24) is 0 Å². The molecule has 3 rings (SSSR count). The van der Waals surface area contributed by atoms with Gasteiger partial charge >= 0.3 is 0 Å². The number of fused-ring (bicyclic) bond motifs is 2. The number of phenolic OH excluding ortho intramolecular Hbond substituents is 1. The smallest absolute Gasteiger partial charge is 0.196 e. The molecule has 1 heterocycles. The van der Waals surface area contributed by atoms with E-state index < -0.39 is 0 Å². The second kappa shape index (κ2) is 5.70. The zero-order valence-corrected chi connectivity index (χ0v) is 12.6. The fourth-order valence-corrected chi connectivity index (χ4v) is 3.55. The van der Waals surface area contributed by atoms with E-state index >= 15 is 0 Å². The van der Waals surface area contributed by atoms with E-state index in [2.05, 4.69) is 13.0 Å². The van der Waals surface area contributed by atoms with Crippen molar-refractivity contribution in [2.24, 2.45) is 0 Å². The minimum absolute atomic E-state index is 0.00796. The lowest BCUT2D eigenvalue weighted by Gasteiger charge is -2.06. The summed E-state index contributed by atoms with van der Waals surface area (Å²) >= 11 is 1.46. The molecule has 2 aromatic carbocycles. The van der Waals surface area contributed by atoms with Crippen LogP contribution in [0.5, 0.6) is 5.75 Å². The average Bonchev–Trinajstić information content (AvgIpc) is 2.50. The Hall–Kier alpha value is -2.13. The van der Waals surface area contributed by atoms with Crippen LogP contribution in [0.1, 0.15) is 25.3 Å². The maximum atomic E-state index is 12.8. The van der Waals surface area contributed by atoms with E-state index in [-0.39, 0.29) is 11.2 Å². The number of allylic oxidation sites excluding steroid dienone is 1. The van der Waals surface area contributed by atoms with E-state index in [1.54, 1.807) is 6.07 Å². The van der Waals surface area contributed by atoms with E-state index in [0.29, 0.717) is 15.5 Å². The molecular formula is C18H16O2S. The van der Waals surface area contributed by atoms with Gasteiger partial charge in [0.05, 0.1) is 10.1 Å². The Morgan fingerprint density at radius 2 is 2.00 bits per heavy atom. The van der Waals surface area contributed by atoms with Crippen LogP contribution in [0.15, 0.2) is 47.3 Å². The summed E-state index contributed by atoms with van der Waals surface area (Å²) in [5, 5.41) is 11.4. The summed E-state index contributed by atoms with van der Waals surface area (Å²) in [5.41, 5.74) is 0.870. The first-order valence-electron chi connectivity index (χ1n) is 7.06. The van der Waals surface area contributed by atoms with Gasteiger partial charge in [0.25, 0.3) is 0 Å². The molecule has 3 aromatic rings. The van der Waals surface area contributed by atoms with Crippen molar-refractivity contribution >= 4 is 37.6 Å². The van der Waals surface area contributed by atoms with Crippen LogP contribution in [0.25, 0.3) is 26.2 Å². The van der Waals surface area contributed by atoms with Crippen LogP contribution in [-0.4, -0.2) is 5.11 Å². The van der Waals surface area contributed by atoms with Crippen molar-refractivity contribution in [1.29, 1.82) is 0 Å². The van der Waals surface area contributed by atoms with Crippen LogP contribution in [-0.2, 0) is 0 Å². The largest absolute Gasteiger partial charge is 0.506 e. The van der Waals surface area contributed by atoms with Gasteiger partial charge in [-0.3, -0.25) is 4.79 Å². The minimum atomic E-state index is -0.00796. The molecule has 3 heteroatoms. The fourth-order valence-electron chi connectivity index (χ4n) is 2.43. The first kappa shape index (κ1) is 13.8. The third kappa shape index (κ3) is 2.45. The summed E-state index contributed by atoms with van der Waals surface area (Å²) in [6.07, 6.45) is 6.11. The van der Waals surface area contributed by atoms with Gasteiger partial charge in [0.1, 0.15) is 5.75 Å². The van der Waals surface area contributed by atoms with Gasteiger partial charge in [-0.25, -0.2) is 0 Å². The quantitative estimate of drug-likeness (QED) is 0.695. The molecule has 0 spiro atoms. The molecule has 0 fully saturated rings. The van der Waals surface area contributed by atoms with Crippen molar-refractivity contribution in [2.45, 2.75) is 19.8 Å². The van der Waals surface area contributed by atoms with Crippen molar-refractivity contribution in [3.8, 4) is 5.75 Å². The molecule has 2 nitrogen and oxygen atoms in total. The van der Waals surface area contributed by atoms with Crippen LogP contribution in [0, 0.1) is 0 Å². The molecule has 0 saturated carbocycles. The Morgan fingerprint density at radius 1 is 1.19 bits per heavy atom. The molecule has 0 amide bonds. The van der Waals surface area contributed by atoms with Crippen molar-refractivity contribution in [3.63, 3.8) is 0 Å². The van der Waals surface area contributed by atoms with Gasteiger partial charge in [0.15, 0.2) is 5.43 Å². The minimum Gasteiger partial charge on any atom is -0.506 e. The van der Waals surface area contributed by atoms with E-state index in [4.69, 9.17) is 0 Å². The molecule has 0 aliphatic carbocycles. The molecule has 1 N–H and O–H groups in total. The van der Waals surface area contributed by atoms with Crippen LogP contribution >= 0.6 is 11.3 Å². The van der Waals surface area contributed by atoms with Crippen LogP contribution in [0.2, 0.25) is 0 Å². The average molecular weight is 296 g/mol. The summed E-state index contributed by atoms with van der Waals surface area (Å²) < 4.78 is 1.57. The molecule has 106 valence electrons. The second-order valence-electron chi connectivity index (χ2n) is 5.00. The molecule has 0 saturated heterocycles. The van der Waals surface area contributed by atoms with E-state index in [9.17, 15) is 9.90 Å². The van der Waals surface area contributed by atoms with Crippen molar-refractivity contribution in [2.75, 3.05) is 0 Å². The molecule has 0 atom stereocenters. The van der Waals surface area contributed by atoms with E-state index in [1.807, 2.05) is 36.4 Å². The lowest BCUT2D eigenvalue weighted by molar-refractivity contribution is 0.482. The number of rotatable bonds is 3. The van der Waals surface area contributed by atoms with Gasteiger partial charge in [-0.15, -0.1) is 11.3 Å². The lowest BCUT2D eigenvalue weighted by atomic mass is 10.1. The van der Waals surface area contributed by atoms with Gasteiger partial charge in [0, 0.05) is 10.1 Å². The monoisotopic (exact) mass is 296 g/mol. The Morgan fingerprint density at radius 3 is 2.81 bits per heavy atom. The van der Waals surface area contributed by atoms with Gasteiger partial charge in [-0.1, -0.05) is 43.7 Å². The molecule has 0 bridgehead atoms. The summed E-state index contributed by atoms with van der Waals surface area (Å²) in [4.78, 5) is 12.8. The molecule has 1 aromatic heterocycles. The fraction of sp³-hybridized carbons (Fsp3) is 0.167. The summed E-state index contributed by atoms with van der Waals surface area (Å²) in [6, 6.07) is 11.0. The number of benzene rings is 2. The normalized spacial score (nSPS) is 11.7. The SMILES string of the molecule is CCCC=Cc1ccc(O)c2sc3ccccc3c(=O)c12. The van der Waals surface area contributed by atoms with Crippen LogP contribution in [0.3, 0.4) is 0 Å². The van der Waals surface area contributed by atoms with E-state index in [1.165, 1.54) is 11.3 Å². The zero-order valence-electron chi connectivity index (χ0n) is 11.8. The van der Waals surface area contributed by atoms with Gasteiger partial charge < -0.3 is 5.11 Å². The standard InChI is InChI=1S/C18H16O2S/c1-2-3-4-7-12-10-11-14(19)18-16(12)17(20)13-8-5-6-9-15(13)21-18/h4-11,19H,2-3H2,1H3. The highest BCUT2D eigenvalue weighted by Gasteiger charge is 2.11. The molecule has 0 unspecified atom stereocenters. The molecule has 0 aliphatic rings. The Labute approximate surface area is 127 Å². The number of hydrogen-bond donors (Lipinski definition) is 1. The molecular weight excluding hydrogens is 280 g/mol. The number of aromatic hydroxyl groups is 1. The molecule has 21 heavy (non-hydrogen) atoms. The van der Waals surface area contributed by atoms with Gasteiger partial charge in [0.2, 0.25) is 0 Å². The van der Waals surface area contributed by atoms with Crippen molar-refractivity contribution < 1.29 is 5.11 Å². The van der Waals surface area contributed by atoms with Crippen LogP contribution in [0.4, 0.5) is 0 Å². The Bertz CT molecular complexity index is 891. The van der Waals surface area contributed by atoms with Gasteiger partial charge in [-0.2, -0.15) is 0 Å². The zero-order chi connectivity index (χ0) is 14.8. The lowest BCUT2D eigenvalue weighted by Crippen LogP contribution is -2.02. The summed E-state index contributed by atoms with van der Waals surface area (Å²) in [7, 11) is 0. The highest BCUT2D eigenvalue weighted by atomic mass is 32.1. The first-order valence-corrected chi connectivity index (χ1v) is 7.88. The molecule has 0 aliphatic heterocycles. The van der Waals surface area contributed by atoms with E-state index in [0.717, 1.165) is 23.1 Å². The van der Waals surface area contributed by atoms with Crippen molar-refractivity contribution in [3.05, 3.63) is 58.3 Å². The highest BCUT2D eigenvalue weighted by molar-refractivity contribution is 7.24. The predicted octanol–water partition coefficient (Wildman–Crippen LogP) is 4.93.